The lowest BCUT2D eigenvalue weighted by molar-refractivity contribution is 1.20. The first-order chi connectivity index (χ1) is 6.16. The summed E-state index contributed by atoms with van der Waals surface area (Å²) in [6, 6.07) is 0. The molecule has 0 bridgehead atoms. The quantitative estimate of drug-likeness (QED) is 0.787. The molecule has 2 heterocycles. The highest BCUT2D eigenvalue weighted by atomic mass is 32.1. The molecule has 3 nitrogen and oxygen atoms in total. The second-order valence-corrected chi connectivity index (χ2v) is 4.75. The summed E-state index contributed by atoms with van der Waals surface area (Å²) in [5.41, 5.74) is 1.87. The van der Waals surface area contributed by atoms with Gasteiger partial charge in [0.15, 0.2) is 0 Å². The van der Waals surface area contributed by atoms with Crippen molar-refractivity contribution in [2.24, 2.45) is 0 Å². The van der Waals surface area contributed by atoms with Crippen molar-refractivity contribution >= 4 is 22.7 Å². The van der Waals surface area contributed by atoms with Gasteiger partial charge in [-0.2, -0.15) is 0 Å². The Morgan fingerprint density at radius 1 is 1.46 bits per heavy atom. The van der Waals surface area contributed by atoms with E-state index in [2.05, 4.69) is 9.97 Å². The fraction of sp³-hybridized carbons (Fsp3) is 0.250. The number of aryl methyl sites for hydroxylation is 2. The molecule has 0 aliphatic carbocycles. The molecule has 0 saturated carbocycles. The minimum Gasteiger partial charge on any atom is -0.312 e. The highest BCUT2D eigenvalue weighted by molar-refractivity contribution is 7.15. The maximum Gasteiger partial charge on any atom is 0.304 e. The number of nitrogens with one attached hydrogen (secondary N) is 1. The fourth-order valence-corrected chi connectivity index (χ4v) is 2.71. The summed E-state index contributed by atoms with van der Waals surface area (Å²) in [5.74, 6) is 0. The molecule has 0 radical (unpaired) electrons. The van der Waals surface area contributed by atoms with Crippen molar-refractivity contribution in [2.75, 3.05) is 0 Å². The minimum atomic E-state index is -0.0135. The number of hydrogen-bond acceptors (Lipinski definition) is 4. The summed E-state index contributed by atoms with van der Waals surface area (Å²) in [5, 5.41) is 2.86. The van der Waals surface area contributed by atoms with E-state index in [1.54, 1.807) is 11.3 Å². The van der Waals surface area contributed by atoms with Crippen LogP contribution in [0.4, 0.5) is 0 Å². The Labute approximate surface area is 83.1 Å². The van der Waals surface area contributed by atoms with Crippen LogP contribution in [0.25, 0.3) is 10.6 Å². The number of aromatic amines is 1. The highest BCUT2D eigenvalue weighted by Gasteiger charge is 2.08. The normalized spacial score (nSPS) is 10.6. The van der Waals surface area contributed by atoms with Crippen molar-refractivity contribution in [3.05, 3.63) is 25.7 Å². The largest absolute Gasteiger partial charge is 0.312 e. The van der Waals surface area contributed by atoms with Gasteiger partial charge in [0.2, 0.25) is 0 Å². The van der Waals surface area contributed by atoms with Crippen molar-refractivity contribution in [1.29, 1.82) is 0 Å². The van der Waals surface area contributed by atoms with Gasteiger partial charge in [0.1, 0.15) is 0 Å². The van der Waals surface area contributed by atoms with Gasteiger partial charge in [0, 0.05) is 5.38 Å². The first kappa shape index (κ1) is 8.65. The zero-order chi connectivity index (χ0) is 9.42. The van der Waals surface area contributed by atoms with Crippen LogP contribution < -0.4 is 4.87 Å². The molecule has 0 unspecified atom stereocenters. The van der Waals surface area contributed by atoms with Crippen LogP contribution in [0.1, 0.15) is 10.7 Å². The van der Waals surface area contributed by atoms with E-state index in [-0.39, 0.29) is 4.87 Å². The number of rotatable bonds is 1. The Morgan fingerprint density at radius 2 is 2.23 bits per heavy atom. The third-order valence-corrected chi connectivity index (χ3v) is 3.44. The molecule has 5 heteroatoms. The lowest BCUT2D eigenvalue weighted by Gasteiger charge is -1.90. The Bertz CT molecular complexity index is 480. The Hall–Kier alpha value is -0.940. The van der Waals surface area contributed by atoms with Gasteiger partial charge < -0.3 is 4.98 Å². The smallest absolute Gasteiger partial charge is 0.304 e. The van der Waals surface area contributed by atoms with E-state index in [0.717, 1.165) is 21.3 Å². The molecule has 68 valence electrons. The predicted octanol–water partition coefficient (Wildman–Crippen LogP) is 2.18. The van der Waals surface area contributed by atoms with E-state index < -0.39 is 0 Å². The molecule has 2 aromatic rings. The topological polar surface area (TPSA) is 45.8 Å². The van der Waals surface area contributed by atoms with Crippen molar-refractivity contribution in [1.82, 2.24) is 9.97 Å². The molecule has 0 saturated heterocycles. The maximum absolute atomic E-state index is 10.9. The first-order valence-corrected chi connectivity index (χ1v) is 5.48. The number of H-pyrrole nitrogens is 1. The lowest BCUT2D eigenvalue weighted by Crippen LogP contribution is -1.91. The van der Waals surface area contributed by atoms with Crippen LogP contribution in [0, 0.1) is 13.8 Å². The van der Waals surface area contributed by atoms with Crippen molar-refractivity contribution in [2.45, 2.75) is 13.8 Å². The van der Waals surface area contributed by atoms with E-state index in [1.165, 1.54) is 11.3 Å². The van der Waals surface area contributed by atoms with Crippen molar-refractivity contribution in [3.63, 3.8) is 0 Å². The number of hydrogen-bond donors (Lipinski definition) is 1. The summed E-state index contributed by atoms with van der Waals surface area (Å²) in [7, 11) is 0. The van der Waals surface area contributed by atoms with Crippen LogP contribution in [0.2, 0.25) is 0 Å². The second-order valence-electron chi connectivity index (χ2n) is 2.71. The van der Waals surface area contributed by atoms with Crippen LogP contribution in [-0.2, 0) is 0 Å². The van der Waals surface area contributed by atoms with E-state index in [9.17, 15) is 4.79 Å². The van der Waals surface area contributed by atoms with Crippen LogP contribution in [0.15, 0.2) is 10.2 Å². The lowest BCUT2D eigenvalue weighted by atomic mass is 10.3. The van der Waals surface area contributed by atoms with Gasteiger partial charge >= 0.3 is 4.87 Å². The third kappa shape index (κ3) is 1.57. The molecule has 0 aliphatic heterocycles. The summed E-state index contributed by atoms with van der Waals surface area (Å²) in [6.45, 7) is 3.92. The SMILES string of the molecule is Cc1nc(C)c(-c2csc(=O)[nH]2)s1. The molecule has 0 spiro atoms. The zero-order valence-electron chi connectivity index (χ0n) is 7.25. The van der Waals surface area contributed by atoms with E-state index >= 15 is 0 Å². The highest BCUT2D eigenvalue weighted by Crippen LogP contribution is 2.27. The van der Waals surface area contributed by atoms with Gasteiger partial charge in [-0.25, -0.2) is 4.98 Å². The first-order valence-electron chi connectivity index (χ1n) is 3.79. The minimum absolute atomic E-state index is 0.0135. The molecule has 0 aliphatic rings. The van der Waals surface area contributed by atoms with Crippen LogP contribution in [0.3, 0.4) is 0 Å². The van der Waals surface area contributed by atoms with Crippen molar-refractivity contribution in [3.8, 4) is 10.6 Å². The molecular formula is C8H8N2OS2. The predicted molar refractivity (Wildman–Crippen MR) is 55.5 cm³/mol. The standard InChI is InChI=1S/C8H8N2OS2/c1-4-7(13-5(2)9-4)6-3-12-8(11)10-6/h3H,1-2H3,(H,10,11). The number of nitrogens with zero attached hydrogens (tertiary/aromatic N) is 1. The Kier molecular flexibility index (Phi) is 2.05. The van der Waals surface area contributed by atoms with Gasteiger partial charge in [-0.15, -0.1) is 11.3 Å². The van der Waals surface area contributed by atoms with E-state index in [4.69, 9.17) is 0 Å². The fourth-order valence-electron chi connectivity index (χ4n) is 1.17. The molecule has 0 amide bonds. The Morgan fingerprint density at radius 3 is 2.69 bits per heavy atom. The average Bonchev–Trinajstić information content (AvgIpc) is 2.58. The number of thiazole rings is 2. The molecule has 2 aromatic heterocycles. The van der Waals surface area contributed by atoms with Gasteiger partial charge in [-0.05, 0) is 13.8 Å². The van der Waals surface area contributed by atoms with Crippen molar-refractivity contribution < 1.29 is 0 Å². The zero-order valence-corrected chi connectivity index (χ0v) is 8.88. The second kappa shape index (κ2) is 3.08. The maximum atomic E-state index is 10.9. The van der Waals surface area contributed by atoms with Crippen LogP contribution in [0.5, 0.6) is 0 Å². The molecule has 13 heavy (non-hydrogen) atoms. The van der Waals surface area contributed by atoms with Gasteiger partial charge in [-0.1, -0.05) is 11.3 Å². The van der Waals surface area contributed by atoms with Gasteiger partial charge in [-0.3, -0.25) is 4.79 Å². The molecular weight excluding hydrogens is 204 g/mol. The number of aromatic nitrogens is 2. The molecule has 0 aromatic carbocycles. The molecule has 0 fully saturated rings. The Balaban J connectivity index is 2.57. The van der Waals surface area contributed by atoms with E-state index in [1.807, 2.05) is 19.2 Å². The average molecular weight is 212 g/mol. The van der Waals surface area contributed by atoms with Gasteiger partial charge in [0.05, 0.1) is 21.3 Å². The summed E-state index contributed by atoms with van der Waals surface area (Å²) in [6.07, 6.45) is 0. The van der Waals surface area contributed by atoms with E-state index in [0.29, 0.717) is 0 Å². The summed E-state index contributed by atoms with van der Waals surface area (Å²) < 4.78 is 0. The van der Waals surface area contributed by atoms with Gasteiger partial charge in [0.25, 0.3) is 0 Å². The third-order valence-electron chi connectivity index (χ3n) is 1.67. The molecule has 0 atom stereocenters. The monoisotopic (exact) mass is 212 g/mol. The summed E-state index contributed by atoms with van der Waals surface area (Å²) in [4.78, 5) is 19.1. The summed E-state index contributed by atoms with van der Waals surface area (Å²) >= 11 is 2.79. The molecule has 1 N–H and O–H groups in total. The molecule has 2 rings (SSSR count). The van der Waals surface area contributed by atoms with Crippen LogP contribution in [-0.4, -0.2) is 9.97 Å². The van der Waals surface area contributed by atoms with Crippen LogP contribution >= 0.6 is 22.7 Å².